The van der Waals surface area contributed by atoms with Crippen LogP contribution in [0, 0.1) is 13.8 Å². The second-order valence-corrected chi connectivity index (χ2v) is 10.4. The highest BCUT2D eigenvalue weighted by molar-refractivity contribution is 5.90. The van der Waals surface area contributed by atoms with Gasteiger partial charge in [0.05, 0.1) is 13.0 Å². The fourth-order valence-corrected chi connectivity index (χ4v) is 3.87. The maximum Gasteiger partial charge on any atom is 0.408 e. The molecule has 1 unspecified atom stereocenters. The van der Waals surface area contributed by atoms with Crippen LogP contribution in [0.5, 0.6) is 0 Å². The number of hydrogen-bond donors (Lipinski definition) is 2. The van der Waals surface area contributed by atoms with Crippen LogP contribution in [0.1, 0.15) is 95.9 Å². The number of benzene rings is 1. The summed E-state index contributed by atoms with van der Waals surface area (Å²) in [5.41, 5.74) is 2.03. The summed E-state index contributed by atoms with van der Waals surface area (Å²) in [6.45, 7) is 13.4. The van der Waals surface area contributed by atoms with Gasteiger partial charge in [0.25, 0.3) is 0 Å². The fourth-order valence-electron chi connectivity index (χ4n) is 3.87. The van der Waals surface area contributed by atoms with Gasteiger partial charge in [-0.1, -0.05) is 50.8 Å². The summed E-state index contributed by atoms with van der Waals surface area (Å²) in [4.78, 5) is 52.5. The molecule has 9 heteroatoms. The van der Waals surface area contributed by atoms with Gasteiger partial charge in [-0.05, 0) is 64.7 Å². The van der Waals surface area contributed by atoms with E-state index in [2.05, 4.69) is 17.6 Å². The summed E-state index contributed by atoms with van der Waals surface area (Å²) >= 11 is 0. The number of rotatable bonds is 15. The summed E-state index contributed by atoms with van der Waals surface area (Å²) in [6, 6.07) is 4.75. The number of nitrogens with one attached hydrogen (secondary N) is 2. The molecule has 0 aliphatic carbocycles. The average molecular weight is 534 g/mol. The smallest absolute Gasteiger partial charge is 0.408 e. The van der Waals surface area contributed by atoms with Gasteiger partial charge < -0.3 is 25.0 Å². The summed E-state index contributed by atoms with van der Waals surface area (Å²) in [7, 11) is 0. The molecule has 0 bridgehead atoms. The normalized spacial score (nSPS) is 11.9. The molecule has 9 nitrogen and oxygen atoms in total. The van der Waals surface area contributed by atoms with Crippen LogP contribution in [0.3, 0.4) is 0 Å². The fraction of sp³-hybridized carbons (Fsp3) is 0.655. The zero-order valence-corrected chi connectivity index (χ0v) is 24.3. The lowest BCUT2D eigenvalue weighted by Crippen LogP contribution is -2.48. The zero-order valence-electron chi connectivity index (χ0n) is 24.3. The Morgan fingerprint density at radius 2 is 1.63 bits per heavy atom. The van der Waals surface area contributed by atoms with Crippen molar-refractivity contribution in [3.05, 3.63) is 34.9 Å². The number of carbonyl (C=O) groups excluding carboxylic acids is 4. The van der Waals surface area contributed by atoms with Crippen molar-refractivity contribution in [2.24, 2.45) is 0 Å². The van der Waals surface area contributed by atoms with Gasteiger partial charge in [0.2, 0.25) is 11.8 Å². The maximum absolute atomic E-state index is 13.5. The number of nitrogens with zero attached hydrogens (tertiary/aromatic N) is 1. The van der Waals surface area contributed by atoms with Crippen molar-refractivity contribution in [3.8, 4) is 0 Å². The lowest BCUT2D eigenvalue weighted by Gasteiger charge is -2.32. The number of ether oxygens (including phenoxy) is 2. The molecule has 38 heavy (non-hydrogen) atoms. The molecule has 0 aliphatic heterocycles. The first kappa shape index (κ1) is 32.9. The molecule has 0 saturated heterocycles. The molecule has 1 aromatic carbocycles. The summed E-state index contributed by atoms with van der Waals surface area (Å²) in [5, 5.41) is 5.32. The highest BCUT2D eigenvalue weighted by Gasteiger charge is 2.32. The third-order valence-corrected chi connectivity index (χ3v) is 5.95. The van der Waals surface area contributed by atoms with Crippen LogP contribution in [0.25, 0.3) is 0 Å². The van der Waals surface area contributed by atoms with Gasteiger partial charge >= 0.3 is 12.1 Å². The first-order chi connectivity index (χ1) is 17.9. The molecular weight excluding hydrogens is 486 g/mol. The Morgan fingerprint density at radius 3 is 2.24 bits per heavy atom. The Labute approximate surface area is 228 Å². The van der Waals surface area contributed by atoms with Crippen LogP contribution < -0.4 is 10.6 Å². The predicted molar refractivity (Wildman–Crippen MR) is 148 cm³/mol. The number of carbonyl (C=O) groups is 4. The van der Waals surface area contributed by atoms with E-state index >= 15 is 0 Å². The Hall–Kier alpha value is -3.10. The van der Waals surface area contributed by atoms with Gasteiger partial charge in [-0.15, -0.1) is 0 Å². The molecule has 0 heterocycles. The number of amides is 3. The monoisotopic (exact) mass is 533 g/mol. The Morgan fingerprint density at radius 1 is 0.947 bits per heavy atom. The molecule has 1 aromatic rings. The van der Waals surface area contributed by atoms with Gasteiger partial charge in [0.1, 0.15) is 18.2 Å². The van der Waals surface area contributed by atoms with Crippen LogP contribution in [0.4, 0.5) is 4.79 Å². The van der Waals surface area contributed by atoms with Crippen molar-refractivity contribution in [2.45, 2.75) is 98.6 Å². The van der Waals surface area contributed by atoms with Crippen molar-refractivity contribution in [1.82, 2.24) is 15.5 Å². The summed E-state index contributed by atoms with van der Waals surface area (Å²) in [6.07, 6.45) is 4.20. The van der Waals surface area contributed by atoms with E-state index in [-0.39, 0.29) is 26.1 Å². The molecule has 0 aromatic heterocycles. The van der Waals surface area contributed by atoms with Gasteiger partial charge in [0.15, 0.2) is 0 Å². The van der Waals surface area contributed by atoms with Gasteiger partial charge in [0, 0.05) is 13.1 Å². The average Bonchev–Trinajstić information content (AvgIpc) is 2.82. The number of hydrogen-bond acceptors (Lipinski definition) is 6. The minimum absolute atomic E-state index is 0.0321. The van der Waals surface area contributed by atoms with Crippen LogP contribution in [0.2, 0.25) is 0 Å². The lowest BCUT2D eigenvalue weighted by atomic mass is 9.98. The van der Waals surface area contributed by atoms with Crippen molar-refractivity contribution in [1.29, 1.82) is 0 Å². The van der Waals surface area contributed by atoms with Crippen molar-refractivity contribution < 1.29 is 28.7 Å². The van der Waals surface area contributed by atoms with Gasteiger partial charge in [-0.25, -0.2) is 4.79 Å². The van der Waals surface area contributed by atoms with Crippen LogP contribution in [-0.2, 0) is 23.9 Å². The van der Waals surface area contributed by atoms with E-state index in [1.165, 1.54) is 4.90 Å². The quantitative estimate of drug-likeness (QED) is 0.249. The highest BCUT2D eigenvalue weighted by atomic mass is 16.6. The zero-order chi connectivity index (χ0) is 28.7. The molecule has 0 radical (unpaired) electrons. The molecule has 1 rings (SSSR count). The minimum Gasteiger partial charge on any atom is -0.466 e. The topological polar surface area (TPSA) is 114 Å². The van der Waals surface area contributed by atoms with E-state index in [0.717, 1.165) is 43.2 Å². The van der Waals surface area contributed by atoms with Crippen molar-refractivity contribution in [3.63, 3.8) is 0 Å². The van der Waals surface area contributed by atoms with Gasteiger partial charge in [-0.2, -0.15) is 0 Å². The molecular formula is C29H47N3O6. The Balaban J connectivity index is 3.21. The number of alkyl carbamates (subject to hydrolysis) is 1. The summed E-state index contributed by atoms with van der Waals surface area (Å²) < 4.78 is 10.2. The molecule has 0 fully saturated rings. The van der Waals surface area contributed by atoms with E-state index in [0.29, 0.717) is 12.1 Å². The van der Waals surface area contributed by atoms with Crippen LogP contribution >= 0.6 is 0 Å². The molecule has 0 saturated carbocycles. The lowest BCUT2D eigenvalue weighted by molar-refractivity contribution is -0.143. The molecule has 0 aliphatic rings. The molecule has 0 spiro atoms. The second kappa shape index (κ2) is 16.7. The predicted octanol–water partition coefficient (Wildman–Crippen LogP) is 4.74. The van der Waals surface area contributed by atoms with Crippen molar-refractivity contribution >= 4 is 23.9 Å². The first-order valence-corrected chi connectivity index (χ1v) is 13.7. The number of unbranched alkanes of at least 4 members (excludes halogenated alkanes) is 4. The Bertz CT molecular complexity index is 925. The SMILES string of the molecule is CCCCCCCN(C(=O)CNC(=O)OC(C)(C)C)C(C(=O)NCCC(=O)OCC)c1ccc(C)c(C)c1. The number of aryl methyl sites for hydroxylation is 2. The van der Waals surface area contributed by atoms with Crippen molar-refractivity contribution in [2.75, 3.05) is 26.2 Å². The number of esters is 1. The second-order valence-electron chi connectivity index (χ2n) is 10.4. The standard InChI is InChI=1S/C29H47N3O6/c1-8-10-11-12-13-18-32(24(33)20-31-28(36)38-29(5,6)7)26(23-15-14-21(3)22(4)19-23)27(35)30-17-16-25(34)37-9-2/h14-15,19,26H,8-13,16-18,20H2,1-7H3,(H,30,35)(H,31,36). The molecule has 1 atom stereocenters. The molecule has 3 amide bonds. The summed E-state index contributed by atoms with van der Waals surface area (Å²) in [5.74, 6) is -1.19. The highest BCUT2D eigenvalue weighted by Crippen LogP contribution is 2.25. The van der Waals surface area contributed by atoms with Crippen LogP contribution in [-0.4, -0.2) is 60.6 Å². The third kappa shape index (κ3) is 12.4. The minimum atomic E-state index is -0.921. The van der Waals surface area contributed by atoms with E-state index in [4.69, 9.17) is 9.47 Å². The maximum atomic E-state index is 13.5. The van der Waals surface area contributed by atoms with E-state index in [9.17, 15) is 19.2 Å². The third-order valence-electron chi connectivity index (χ3n) is 5.95. The first-order valence-electron chi connectivity index (χ1n) is 13.7. The van der Waals surface area contributed by atoms with Gasteiger partial charge in [-0.3, -0.25) is 14.4 Å². The van der Waals surface area contributed by atoms with E-state index in [1.54, 1.807) is 27.7 Å². The Kier molecular flexibility index (Phi) is 14.5. The van der Waals surface area contributed by atoms with E-state index < -0.39 is 35.5 Å². The molecule has 2 N–H and O–H groups in total. The van der Waals surface area contributed by atoms with Crippen LogP contribution in [0.15, 0.2) is 18.2 Å². The van der Waals surface area contributed by atoms with E-state index in [1.807, 2.05) is 32.0 Å². The molecule has 214 valence electrons. The largest absolute Gasteiger partial charge is 0.466 e.